The summed E-state index contributed by atoms with van der Waals surface area (Å²) < 4.78 is 10.2. The number of rotatable bonds is 3. The fourth-order valence-corrected chi connectivity index (χ4v) is 3.01. The minimum Gasteiger partial charge on any atom is -0.468 e. The van der Waals surface area contributed by atoms with Crippen molar-refractivity contribution < 1.29 is 14.3 Å². The van der Waals surface area contributed by atoms with Crippen LogP contribution in [0.4, 0.5) is 0 Å². The molecule has 0 aromatic carbocycles. The van der Waals surface area contributed by atoms with Gasteiger partial charge in [-0.15, -0.1) is 0 Å². The summed E-state index contributed by atoms with van der Waals surface area (Å²) in [6.07, 6.45) is 2.08. The van der Waals surface area contributed by atoms with Gasteiger partial charge in [-0.1, -0.05) is 36.7 Å². The van der Waals surface area contributed by atoms with E-state index in [2.05, 4.69) is 36.7 Å². The molecule has 1 saturated heterocycles. The van der Waals surface area contributed by atoms with E-state index in [0.717, 1.165) is 12.8 Å². The van der Waals surface area contributed by atoms with Gasteiger partial charge in [-0.25, -0.2) is 0 Å². The number of esters is 1. The van der Waals surface area contributed by atoms with Gasteiger partial charge in [0.15, 0.2) is 0 Å². The Balaban J connectivity index is 2.77. The highest BCUT2D eigenvalue weighted by Gasteiger charge is 2.45. The van der Waals surface area contributed by atoms with Gasteiger partial charge in [-0.3, -0.25) is 4.79 Å². The Kier molecular flexibility index (Phi) is 5.02. The van der Waals surface area contributed by atoms with Crippen LogP contribution in [0, 0.1) is 11.8 Å². The second-order valence-corrected chi connectivity index (χ2v) is 7.10. The van der Waals surface area contributed by atoms with Crippen LogP contribution in [0.25, 0.3) is 0 Å². The summed E-state index contributed by atoms with van der Waals surface area (Å²) in [5.74, 6) is 0.750. The molecule has 1 fully saturated rings. The summed E-state index contributed by atoms with van der Waals surface area (Å²) in [6.45, 7) is 8.36. The Morgan fingerprint density at radius 3 is 2.53 bits per heavy atom. The second kappa shape index (κ2) is 5.70. The zero-order valence-corrected chi connectivity index (χ0v) is 12.9. The minimum atomic E-state index is -0.741. The van der Waals surface area contributed by atoms with Gasteiger partial charge in [0.2, 0.25) is 0 Å². The number of methoxy groups -OCH3 is 1. The minimum absolute atomic E-state index is 0.112. The Labute approximate surface area is 112 Å². The molecule has 1 unspecified atom stereocenters. The molecule has 17 heavy (non-hydrogen) atoms. The molecule has 1 rings (SSSR count). The zero-order valence-electron chi connectivity index (χ0n) is 11.3. The van der Waals surface area contributed by atoms with Crippen LogP contribution in [0.5, 0.6) is 0 Å². The van der Waals surface area contributed by atoms with E-state index in [1.54, 1.807) is 0 Å². The average molecular weight is 307 g/mol. The van der Waals surface area contributed by atoms with E-state index < -0.39 is 4.32 Å². The van der Waals surface area contributed by atoms with Crippen molar-refractivity contribution in [3.63, 3.8) is 0 Å². The highest BCUT2D eigenvalue weighted by atomic mass is 79.9. The first kappa shape index (κ1) is 15.0. The molecule has 1 heterocycles. The lowest BCUT2D eigenvalue weighted by Crippen LogP contribution is -2.50. The number of alkyl halides is 1. The number of hydrogen-bond acceptors (Lipinski definition) is 3. The van der Waals surface area contributed by atoms with Gasteiger partial charge in [-0.05, 0) is 31.6 Å². The molecule has 0 radical (unpaired) electrons. The van der Waals surface area contributed by atoms with E-state index in [9.17, 15) is 4.79 Å². The van der Waals surface area contributed by atoms with Gasteiger partial charge in [0.25, 0.3) is 0 Å². The van der Waals surface area contributed by atoms with Crippen LogP contribution in [-0.4, -0.2) is 29.6 Å². The maximum absolute atomic E-state index is 11.7. The Bertz CT molecular complexity index is 276. The number of ether oxygens (including phenoxy) is 2. The van der Waals surface area contributed by atoms with Crippen LogP contribution in [0.15, 0.2) is 0 Å². The molecule has 3 nitrogen and oxygen atoms in total. The van der Waals surface area contributed by atoms with Crippen molar-refractivity contribution in [2.45, 2.75) is 57.1 Å². The van der Waals surface area contributed by atoms with Crippen molar-refractivity contribution in [3.05, 3.63) is 0 Å². The molecular weight excluding hydrogens is 284 g/mol. The molecule has 0 aromatic rings. The summed E-state index contributed by atoms with van der Waals surface area (Å²) in [5.41, 5.74) is 0. The second-order valence-electron chi connectivity index (χ2n) is 5.46. The monoisotopic (exact) mass is 306 g/mol. The third kappa shape index (κ3) is 3.22. The van der Waals surface area contributed by atoms with Crippen LogP contribution >= 0.6 is 15.9 Å². The molecule has 0 bridgehead atoms. The third-order valence-electron chi connectivity index (χ3n) is 3.61. The predicted molar refractivity (Wildman–Crippen MR) is 71.2 cm³/mol. The number of carbonyl (C=O) groups excluding carboxylic acids is 1. The van der Waals surface area contributed by atoms with Crippen LogP contribution in [0.1, 0.15) is 40.5 Å². The first-order valence-corrected chi connectivity index (χ1v) is 7.02. The van der Waals surface area contributed by atoms with E-state index >= 15 is 0 Å². The van der Waals surface area contributed by atoms with E-state index in [1.807, 2.05) is 6.92 Å². The first-order chi connectivity index (χ1) is 7.80. The van der Waals surface area contributed by atoms with Crippen LogP contribution in [0.3, 0.4) is 0 Å². The fraction of sp³-hybridized carbons (Fsp3) is 0.923. The fourth-order valence-electron chi connectivity index (χ4n) is 2.51. The van der Waals surface area contributed by atoms with E-state index in [4.69, 9.17) is 9.47 Å². The largest absolute Gasteiger partial charge is 0.468 e. The smallest absolute Gasteiger partial charge is 0.325 e. The lowest BCUT2D eigenvalue weighted by Gasteiger charge is -2.41. The molecule has 0 saturated carbocycles. The molecule has 0 amide bonds. The molecule has 1 aliphatic heterocycles. The summed E-state index contributed by atoms with van der Waals surface area (Å²) in [5, 5.41) is 0. The molecule has 4 atom stereocenters. The molecule has 0 aliphatic carbocycles. The Hall–Kier alpha value is -0.0900. The van der Waals surface area contributed by atoms with Gasteiger partial charge >= 0.3 is 5.97 Å². The van der Waals surface area contributed by atoms with E-state index in [-0.39, 0.29) is 18.2 Å². The van der Waals surface area contributed by atoms with Crippen molar-refractivity contribution in [1.82, 2.24) is 0 Å². The molecule has 4 heteroatoms. The topological polar surface area (TPSA) is 35.5 Å². The standard InChI is InChI=1S/C13H23BrO3/c1-8(2)11-9(3)6-7-10(17-11)13(4,14)12(15)16-5/h8-11H,6-7H2,1-5H3/t9-,10-,11+,13?/m0/s1. The van der Waals surface area contributed by atoms with Crippen LogP contribution < -0.4 is 0 Å². The quantitative estimate of drug-likeness (QED) is 0.593. The van der Waals surface area contributed by atoms with Crippen LogP contribution in [0.2, 0.25) is 0 Å². The summed E-state index contributed by atoms with van der Waals surface area (Å²) in [6, 6.07) is 0. The molecule has 100 valence electrons. The molecule has 0 N–H and O–H groups in total. The first-order valence-electron chi connectivity index (χ1n) is 6.23. The van der Waals surface area contributed by atoms with Crippen molar-refractivity contribution in [2.24, 2.45) is 11.8 Å². The summed E-state index contributed by atoms with van der Waals surface area (Å²) >= 11 is 3.47. The maximum Gasteiger partial charge on any atom is 0.325 e. The number of hydrogen-bond donors (Lipinski definition) is 0. The van der Waals surface area contributed by atoms with Crippen LogP contribution in [-0.2, 0) is 14.3 Å². The van der Waals surface area contributed by atoms with E-state index in [0.29, 0.717) is 11.8 Å². The zero-order chi connectivity index (χ0) is 13.2. The molecule has 0 aromatic heterocycles. The molecule has 1 aliphatic rings. The lowest BCUT2D eigenvalue weighted by molar-refractivity contribution is -0.156. The Morgan fingerprint density at radius 2 is 2.06 bits per heavy atom. The average Bonchev–Trinajstić information content (AvgIpc) is 2.27. The number of carbonyl (C=O) groups is 1. The Morgan fingerprint density at radius 1 is 1.47 bits per heavy atom. The predicted octanol–water partition coefficient (Wildman–Crippen LogP) is 3.15. The van der Waals surface area contributed by atoms with Crippen molar-refractivity contribution in [2.75, 3.05) is 7.11 Å². The van der Waals surface area contributed by atoms with Crippen molar-refractivity contribution >= 4 is 21.9 Å². The SMILES string of the molecule is COC(=O)C(C)(Br)[C@@H]1CC[C@H](C)[C@@H](C(C)C)O1. The van der Waals surface area contributed by atoms with Crippen molar-refractivity contribution in [1.29, 1.82) is 0 Å². The molecule has 0 spiro atoms. The summed E-state index contributed by atoms with van der Waals surface area (Å²) in [7, 11) is 1.41. The van der Waals surface area contributed by atoms with Gasteiger partial charge in [0.05, 0.1) is 19.3 Å². The highest BCUT2D eigenvalue weighted by molar-refractivity contribution is 9.10. The highest BCUT2D eigenvalue weighted by Crippen LogP contribution is 2.37. The van der Waals surface area contributed by atoms with Gasteiger partial charge in [0, 0.05) is 0 Å². The summed E-state index contributed by atoms with van der Waals surface area (Å²) in [4.78, 5) is 11.7. The third-order valence-corrected chi connectivity index (χ3v) is 4.45. The van der Waals surface area contributed by atoms with Gasteiger partial charge in [-0.2, -0.15) is 0 Å². The lowest BCUT2D eigenvalue weighted by atomic mass is 9.84. The van der Waals surface area contributed by atoms with Crippen molar-refractivity contribution in [3.8, 4) is 0 Å². The van der Waals surface area contributed by atoms with Gasteiger partial charge < -0.3 is 9.47 Å². The molecular formula is C13H23BrO3. The number of halogens is 1. The van der Waals surface area contributed by atoms with Gasteiger partial charge in [0.1, 0.15) is 4.32 Å². The normalized spacial score (nSPS) is 33.2. The van der Waals surface area contributed by atoms with E-state index in [1.165, 1.54) is 7.11 Å². The maximum atomic E-state index is 11.7.